The molecule has 0 atom stereocenters. The fraction of sp³-hybridized carbons (Fsp3) is 0. The predicted octanol–water partition coefficient (Wildman–Crippen LogP) is 4.97. The average molecular weight is 463 g/mol. The van der Waals surface area contributed by atoms with Crippen molar-refractivity contribution in [3.8, 4) is 0 Å². The van der Waals surface area contributed by atoms with Crippen molar-refractivity contribution in [2.75, 3.05) is 5.32 Å². The molecule has 0 aliphatic carbocycles. The van der Waals surface area contributed by atoms with Crippen LogP contribution in [0.3, 0.4) is 0 Å². The second-order valence-electron chi connectivity index (χ2n) is 5.37. The first-order chi connectivity index (χ1) is 13.0. The highest BCUT2D eigenvalue weighted by Gasteiger charge is 2.16. The first-order valence-corrected chi connectivity index (χ1v) is 9.81. The molecule has 0 unspecified atom stereocenters. The van der Waals surface area contributed by atoms with Gasteiger partial charge in [-0.3, -0.25) is 14.9 Å². The molecule has 5 nitrogen and oxygen atoms in total. The standard InChI is InChI=1S/C19H13BrClN3O2S/c20-14-3-1-2-13(11-14)17(25)23-16(10-12-4-6-15(21)7-5-12)18(26)24-19-22-8-9-27-19/h1-11H,(H,23,25)(H,22,24,26)/b16-10-. The lowest BCUT2D eigenvalue weighted by Crippen LogP contribution is -2.30. The molecule has 0 aliphatic rings. The SMILES string of the molecule is O=C(Nc1nccs1)/C(=C/c1ccc(Cl)cc1)NC(=O)c1cccc(Br)c1. The van der Waals surface area contributed by atoms with Crippen LogP contribution >= 0.6 is 38.9 Å². The number of hydrogen-bond donors (Lipinski definition) is 2. The van der Waals surface area contributed by atoms with E-state index in [1.54, 1.807) is 60.1 Å². The van der Waals surface area contributed by atoms with E-state index in [-0.39, 0.29) is 5.70 Å². The van der Waals surface area contributed by atoms with Gasteiger partial charge in [0, 0.05) is 26.6 Å². The first kappa shape index (κ1) is 19.3. The Morgan fingerprint density at radius 1 is 1.15 bits per heavy atom. The second-order valence-corrected chi connectivity index (χ2v) is 7.61. The summed E-state index contributed by atoms with van der Waals surface area (Å²) < 4.78 is 0.769. The normalized spacial score (nSPS) is 11.1. The second kappa shape index (κ2) is 8.94. The summed E-state index contributed by atoms with van der Waals surface area (Å²) in [6.07, 6.45) is 3.16. The molecule has 0 saturated carbocycles. The number of anilines is 1. The molecule has 2 amide bonds. The van der Waals surface area contributed by atoms with Crippen molar-refractivity contribution >= 4 is 61.9 Å². The molecular formula is C19H13BrClN3O2S. The van der Waals surface area contributed by atoms with E-state index in [1.165, 1.54) is 11.3 Å². The van der Waals surface area contributed by atoms with Crippen LogP contribution in [0.5, 0.6) is 0 Å². The van der Waals surface area contributed by atoms with Crippen molar-refractivity contribution < 1.29 is 9.59 Å². The monoisotopic (exact) mass is 461 g/mol. The molecule has 0 bridgehead atoms. The molecule has 2 aromatic carbocycles. The highest BCUT2D eigenvalue weighted by Crippen LogP contribution is 2.16. The Morgan fingerprint density at radius 2 is 1.93 bits per heavy atom. The van der Waals surface area contributed by atoms with Crippen LogP contribution in [0.4, 0.5) is 5.13 Å². The summed E-state index contributed by atoms with van der Waals surface area (Å²) in [6.45, 7) is 0. The van der Waals surface area contributed by atoms with Gasteiger partial charge in [-0.25, -0.2) is 4.98 Å². The number of rotatable bonds is 5. The van der Waals surface area contributed by atoms with Gasteiger partial charge in [-0.15, -0.1) is 11.3 Å². The molecule has 27 heavy (non-hydrogen) atoms. The van der Waals surface area contributed by atoms with Crippen LogP contribution < -0.4 is 10.6 Å². The smallest absolute Gasteiger partial charge is 0.273 e. The van der Waals surface area contributed by atoms with E-state index in [9.17, 15) is 9.59 Å². The number of benzene rings is 2. The van der Waals surface area contributed by atoms with Gasteiger partial charge in [0.15, 0.2) is 5.13 Å². The predicted molar refractivity (Wildman–Crippen MR) is 112 cm³/mol. The van der Waals surface area contributed by atoms with E-state index in [4.69, 9.17) is 11.6 Å². The van der Waals surface area contributed by atoms with Crippen molar-refractivity contribution in [1.82, 2.24) is 10.3 Å². The number of nitrogens with one attached hydrogen (secondary N) is 2. The molecule has 0 spiro atoms. The van der Waals surface area contributed by atoms with E-state index in [0.29, 0.717) is 15.7 Å². The molecule has 0 saturated heterocycles. The van der Waals surface area contributed by atoms with Crippen molar-refractivity contribution in [2.45, 2.75) is 0 Å². The van der Waals surface area contributed by atoms with Gasteiger partial charge < -0.3 is 5.32 Å². The highest BCUT2D eigenvalue weighted by atomic mass is 79.9. The molecule has 0 fully saturated rings. The van der Waals surface area contributed by atoms with Gasteiger partial charge in [-0.05, 0) is 42.0 Å². The molecule has 0 aliphatic heterocycles. The largest absolute Gasteiger partial charge is 0.317 e. The first-order valence-electron chi connectivity index (χ1n) is 7.76. The zero-order valence-corrected chi connectivity index (χ0v) is 16.9. The van der Waals surface area contributed by atoms with E-state index in [2.05, 4.69) is 31.5 Å². The molecule has 0 radical (unpaired) electrons. The summed E-state index contributed by atoms with van der Waals surface area (Å²) in [7, 11) is 0. The molecule has 2 N–H and O–H groups in total. The third kappa shape index (κ3) is 5.50. The van der Waals surface area contributed by atoms with Gasteiger partial charge in [0.05, 0.1) is 0 Å². The van der Waals surface area contributed by atoms with Crippen LogP contribution in [0.15, 0.2) is 70.3 Å². The maximum atomic E-state index is 12.7. The number of amides is 2. The minimum absolute atomic E-state index is 0.0949. The summed E-state index contributed by atoms with van der Waals surface area (Å²) >= 11 is 10.5. The average Bonchev–Trinajstić information content (AvgIpc) is 3.16. The van der Waals surface area contributed by atoms with Crippen LogP contribution in [-0.4, -0.2) is 16.8 Å². The Bertz CT molecular complexity index is 988. The topological polar surface area (TPSA) is 71.1 Å². The van der Waals surface area contributed by atoms with Crippen molar-refractivity contribution in [3.05, 3.63) is 86.4 Å². The van der Waals surface area contributed by atoms with Gasteiger partial charge in [0.2, 0.25) is 0 Å². The van der Waals surface area contributed by atoms with Gasteiger partial charge in [0.25, 0.3) is 11.8 Å². The number of thiazole rings is 1. The number of halogens is 2. The number of carbonyl (C=O) groups excluding carboxylic acids is 2. The van der Waals surface area contributed by atoms with Crippen LogP contribution in [0.25, 0.3) is 6.08 Å². The minimum atomic E-state index is -0.469. The lowest BCUT2D eigenvalue weighted by atomic mass is 10.1. The Balaban J connectivity index is 1.87. The van der Waals surface area contributed by atoms with E-state index < -0.39 is 11.8 Å². The number of hydrogen-bond acceptors (Lipinski definition) is 4. The molecule has 1 heterocycles. The fourth-order valence-corrected chi connectivity index (χ4v) is 3.21. The Hall–Kier alpha value is -2.48. The zero-order chi connectivity index (χ0) is 19.2. The van der Waals surface area contributed by atoms with E-state index in [1.807, 2.05) is 6.07 Å². The molecule has 3 aromatic rings. The Morgan fingerprint density at radius 3 is 2.59 bits per heavy atom. The number of carbonyl (C=O) groups is 2. The van der Waals surface area contributed by atoms with Gasteiger partial charge in [-0.1, -0.05) is 45.7 Å². The minimum Gasteiger partial charge on any atom is -0.317 e. The molecule has 8 heteroatoms. The summed E-state index contributed by atoms with van der Waals surface area (Å²) in [4.78, 5) is 29.3. The van der Waals surface area contributed by atoms with Crippen LogP contribution in [0, 0.1) is 0 Å². The number of aromatic nitrogens is 1. The van der Waals surface area contributed by atoms with Crippen LogP contribution in [0.1, 0.15) is 15.9 Å². The van der Waals surface area contributed by atoms with E-state index in [0.717, 1.165) is 10.0 Å². The van der Waals surface area contributed by atoms with E-state index >= 15 is 0 Å². The lowest BCUT2D eigenvalue weighted by Gasteiger charge is -2.10. The van der Waals surface area contributed by atoms with Gasteiger partial charge in [-0.2, -0.15) is 0 Å². The van der Waals surface area contributed by atoms with Crippen LogP contribution in [-0.2, 0) is 4.79 Å². The molecule has 3 rings (SSSR count). The number of nitrogens with zero attached hydrogens (tertiary/aromatic N) is 1. The van der Waals surface area contributed by atoms with Crippen molar-refractivity contribution in [1.29, 1.82) is 0 Å². The zero-order valence-electron chi connectivity index (χ0n) is 13.8. The summed E-state index contributed by atoms with van der Waals surface area (Å²) in [5.41, 5.74) is 1.24. The third-order valence-electron chi connectivity index (χ3n) is 3.41. The van der Waals surface area contributed by atoms with Gasteiger partial charge >= 0.3 is 0 Å². The highest BCUT2D eigenvalue weighted by molar-refractivity contribution is 9.10. The molecule has 136 valence electrons. The van der Waals surface area contributed by atoms with Gasteiger partial charge in [0.1, 0.15) is 5.70 Å². The fourth-order valence-electron chi connectivity index (χ4n) is 2.16. The van der Waals surface area contributed by atoms with Crippen molar-refractivity contribution in [2.24, 2.45) is 0 Å². The maximum absolute atomic E-state index is 12.7. The lowest BCUT2D eigenvalue weighted by molar-refractivity contribution is -0.113. The Kier molecular flexibility index (Phi) is 6.39. The maximum Gasteiger partial charge on any atom is 0.273 e. The summed E-state index contributed by atoms with van der Waals surface area (Å²) in [5.74, 6) is -0.867. The van der Waals surface area contributed by atoms with Crippen LogP contribution in [0.2, 0.25) is 5.02 Å². The summed E-state index contributed by atoms with van der Waals surface area (Å²) in [6, 6.07) is 13.8. The molecular weight excluding hydrogens is 450 g/mol. The quantitative estimate of drug-likeness (QED) is 0.526. The Labute approximate surface area is 173 Å². The van der Waals surface area contributed by atoms with Crippen molar-refractivity contribution in [3.63, 3.8) is 0 Å². The third-order valence-corrected chi connectivity index (χ3v) is 4.85. The summed E-state index contributed by atoms with van der Waals surface area (Å²) in [5, 5.41) is 8.12. The molecule has 1 aromatic heterocycles.